The number of para-hydroxylation sites is 1. The maximum atomic E-state index is 14.7. The van der Waals surface area contributed by atoms with Crippen molar-refractivity contribution in [2.24, 2.45) is 11.1 Å². The molecule has 4 aromatic carbocycles. The summed E-state index contributed by atoms with van der Waals surface area (Å²) in [5.74, 6) is -5.09. The maximum Gasteiger partial charge on any atom is 0.340 e. The minimum atomic E-state index is -4.42. The molecule has 0 aliphatic heterocycles. The predicted molar refractivity (Wildman–Crippen MR) is 221 cm³/mol. The van der Waals surface area contributed by atoms with Crippen LogP contribution in [0, 0.1) is 33.6 Å². The fraction of sp³-hybridized carbons (Fsp3) is 0.340. The zero-order chi connectivity index (χ0) is 41.6. The molecule has 0 bridgehead atoms. The normalized spacial score (nSPS) is 13.1. The number of rotatable bonds is 17. The highest BCUT2D eigenvalue weighted by Crippen LogP contribution is 2.39. The van der Waals surface area contributed by atoms with Gasteiger partial charge in [-0.05, 0) is 80.8 Å². The lowest BCUT2D eigenvalue weighted by molar-refractivity contribution is -0.148. The monoisotopic (exact) mass is 782 g/mol. The van der Waals surface area contributed by atoms with Gasteiger partial charge in [-0.25, -0.2) is 13.6 Å². The Morgan fingerprint density at radius 2 is 1.56 bits per heavy atom. The smallest absolute Gasteiger partial charge is 0.340 e. The van der Waals surface area contributed by atoms with Gasteiger partial charge in [0.15, 0.2) is 12.4 Å². The van der Waals surface area contributed by atoms with E-state index >= 15 is 0 Å². The molecule has 0 saturated heterocycles. The first-order valence-electron chi connectivity index (χ1n) is 19.3. The fourth-order valence-corrected chi connectivity index (χ4v) is 7.58. The average molecular weight is 783 g/mol. The first kappa shape index (κ1) is 42.6. The van der Waals surface area contributed by atoms with E-state index in [1.807, 2.05) is 76.2 Å². The number of allylic oxidation sites excluding steroid dienone is 2. The Hall–Kier alpha value is -5.51. The summed E-state index contributed by atoms with van der Waals surface area (Å²) in [7, 11) is 0. The van der Waals surface area contributed by atoms with Crippen LogP contribution in [-0.4, -0.2) is 41.0 Å². The molecule has 0 saturated carbocycles. The van der Waals surface area contributed by atoms with E-state index in [-0.39, 0.29) is 22.8 Å². The van der Waals surface area contributed by atoms with Crippen molar-refractivity contribution in [3.63, 3.8) is 0 Å². The molecule has 0 aliphatic rings. The average Bonchev–Trinajstić information content (AvgIpc) is 3.43. The molecule has 1 atom stereocenters. The van der Waals surface area contributed by atoms with Crippen molar-refractivity contribution in [2.45, 2.75) is 93.0 Å². The number of hydrogen-bond acceptors (Lipinski definition) is 5. The Labute approximate surface area is 331 Å². The lowest BCUT2D eigenvalue weighted by Gasteiger charge is -2.19. The highest BCUT2D eigenvalue weighted by molar-refractivity contribution is 6.24. The molecule has 0 radical (unpaired) electrons. The topological polar surface area (TPSA) is 69.9 Å². The Bertz CT molecular complexity index is 2350. The van der Waals surface area contributed by atoms with Crippen LogP contribution in [0.1, 0.15) is 95.9 Å². The maximum absolute atomic E-state index is 14.7. The van der Waals surface area contributed by atoms with Crippen LogP contribution in [0.15, 0.2) is 90.1 Å². The highest BCUT2D eigenvalue weighted by Gasteiger charge is 2.42. The number of nitrogens with zero attached hydrogens (tertiary/aromatic N) is 2. The molecule has 5 aromatic rings. The van der Waals surface area contributed by atoms with Crippen molar-refractivity contribution >= 4 is 45.2 Å². The van der Waals surface area contributed by atoms with E-state index in [1.54, 1.807) is 6.07 Å². The number of aryl methyl sites for hydroxylation is 3. The zero-order valence-electron chi connectivity index (χ0n) is 33.6. The van der Waals surface area contributed by atoms with Crippen molar-refractivity contribution in [2.75, 3.05) is 6.61 Å². The van der Waals surface area contributed by atoms with Crippen molar-refractivity contribution < 1.29 is 36.7 Å². The Morgan fingerprint density at radius 3 is 2.18 bits per heavy atom. The Morgan fingerprint density at radius 1 is 0.912 bits per heavy atom. The molecule has 300 valence electrons. The summed E-state index contributed by atoms with van der Waals surface area (Å²) in [5, 5.41) is 6.63. The van der Waals surface area contributed by atoms with Crippen molar-refractivity contribution in [1.29, 1.82) is 0 Å². The van der Waals surface area contributed by atoms with Crippen molar-refractivity contribution in [3.05, 3.63) is 130 Å². The number of ketones is 1. The number of carbonyl (C=O) groups is 2. The number of halogens is 4. The standard InChI is InChI=1S/C47H50F4N2O4/c1-9-12-17-33(10-2)26-53-31(7)38(24-34(11-3)43(52-57-32(8)54)37-20-15-16-21-41(37)56-27-47(50,51)46(48)49)39-25-40(35-18-13-14-19-36(35)44(39)53)45(55)42-29(5)22-28(4)23-30(42)6/h11,13-16,18-25,33,46H,3,9-10,12,17,26-27H2,1-2,4-8H3/b34-24+,52-43+. The third-order valence-electron chi connectivity index (χ3n) is 10.4. The molecule has 1 heterocycles. The van der Waals surface area contributed by atoms with E-state index in [9.17, 15) is 27.2 Å². The van der Waals surface area contributed by atoms with Gasteiger partial charge in [0.25, 0.3) is 0 Å². The van der Waals surface area contributed by atoms with Gasteiger partial charge in [0.1, 0.15) is 11.5 Å². The first-order chi connectivity index (χ1) is 27.1. The third kappa shape index (κ3) is 9.22. The van der Waals surface area contributed by atoms with Crippen LogP contribution in [0.2, 0.25) is 0 Å². The van der Waals surface area contributed by atoms with Gasteiger partial charge in [-0.3, -0.25) is 4.79 Å². The van der Waals surface area contributed by atoms with E-state index in [0.717, 1.165) is 82.2 Å². The van der Waals surface area contributed by atoms with Gasteiger partial charge in [0, 0.05) is 57.8 Å². The largest absolute Gasteiger partial charge is 0.486 e. The van der Waals surface area contributed by atoms with Crippen molar-refractivity contribution in [3.8, 4) is 5.75 Å². The van der Waals surface area contributed by atoms with Gasteiger partial charge in [-0.1, -0.05) is 105 Å². The van der Waals surface area contributed by atoms with Gasteiger partial charge in [-0.2, -0.15) is 8.78 Å². The zero-order valence-corrected chi connectivity index (χ0v) is 33.6. The minimum absolute atomic E-state index is 0.00571. The molecule has 0 N–H and O–H groups in total. The van der Waals surface area contributed by atoms with Gasteiger partial charge in [0.05, 0.1) is 5.52 Å². The minimum Gasteiger partial charge on any atom is -0.486 e. The first-order valence-corrected chi connectivity index (χ1v) is 19.3. The Kier molecular flexibility index (Phi) is 13.6. The molecule has 1 unspecified atom stereocenters. The van der Waals surface area contributed by atoms with Crippen LogP contribution in [0.3, 0.4) is 0 Å². The summed E-state index contributed by atoms with van der Waals surface area (Å²) in [6.07, 6.45) is 3.51. The Balaban J connectivity index is 1.83. The summed E-state index contributed by atoms with van der Waals surface area (Å²) in [6.45, 7) is 16.6. The second-order valence-corrected chi connectivity index (χ2v) is 14.7. The van der Waals surface area contributed by atoms with E-state index in [2.05, 4.69) is 30.1 Å². The molecule has 10 heteroatoms. The van der Waals surface area contributed by atoms with Crippen LogP contribution in [-0.2, 0) is 16.2 Å². The molecule has 0 fully saturated rings. The highest BCUT2D eigenvalue weighted by atomic mass is 19.3. The van der Waals surface area contributed by atoms with Crippen LogP contribution < -0.4 is 4.74 Å². The molecule has 0 spiro atoms. The number of alkyl halides is 4. The van der Waals surface area contributed by atoms with Crippen LogP contribution in [0.5, 0.6) is 5.75 Å². The quantitative estimate of drug-likeness (QED) is 0.0235. The molecular formula is C47H50F4N2O4. The summed E-state index contributed by atoms with van der Waals surface area (Å²) in [6, 6.07) is 19.8. The fourth-order valence-electron chi connectivity index (χ4n) is 7.58. The van der Waals surface area contributed by atoms with Gasteiger partial charge in [-0.15, -0.1) is 0 Å². The second kappa shape index (κ2) is 18.2. The number of benzene rings is 4. The molecule has 57 heavy (non-hydrogen) atoms. The SMILES string of the molecule is C=CC(=C\c1c(C)n(CC(CC)CCCC)c2c1cc(C(=O)c1c(C)cc(C)cc1C)c1ccccc12)/C(=N\OC(C)=O)c1ccccc1OCC(F)(F)C(F)F. The molecule has 0 aliphatic carbocycles. The summed E-state index contributed by atoms with van der Waals surface area (Å²) >= 11 is 0. The van der Waals surface area contributed by atoms with Crippen LogP contribution >= 0.6 is 0 Å². The molecular weight excluding hydrogens is 733 g/mol. The van der Waals surface area contributed by atoms with Crippen LogP contribution in [0.4, 0.5) is 17.6 Å². The van der Waals surface area contributed by atoms with E-state index < -0.39 is 24.9 Å². The predicted octanol–water partition coefficient (Wildman–Crippen LogP) is 12.3. The summed E-state index contributed by atoms with van der Waals surface area (Å²) < 4.78 is 61.9. The molecule has 0 amide bonds. The molecule has 1 aromatic heterocycles. The van der Waals surface area contributed by atoms with E-state index in [0.29, 0.717) is 29.2 Å². The van der Waals surface area contributed by atoms with E-state index in [1.165, 1.54) is 24.3 Å². The number of oxime groups is 1. The second-order valence-electron chi connectivity index (χ2n) is 14.7. The molecule has 6 nitrogen and oxygen atoms in total. The number of carbonyl (C=O) groups excluding carboxylic acids is 2. The van der Waals surface area contributed by atoms with Gasteiger partial charge in [0.2, 0.25) is 0 Å². The number of fused-ring (bicyclic) bond motifs is 3. The lowest BCUT2D eigenvalue weighted by Crippen LogP contribution is -2.34. The lowest BCUT2D eigenvalue weighted by atomic mass is 9.89. The number of ether oxygens (including phenoxy) is 1. The summed E-state index contributed by atoms with van der Waals surface area (Å²) in [5.41, 5.74) is 6.99. The number of unbranched alkanes of at least 4 members (excludes halogenated alkanes) is 1. The summed E-state index contributed by atoms with van der Waals surface area (Å²) in [4.78, 5) is 31.9. The van der Waals surface area contributed by atoms with Crippen LogP contribution in [0.25, 0.3) is 27.8 Å². The molecule has 5 rings (SSSR count). The van der Waals surface area contributed by atoms with Gasteiger partial charge >= 0.3 is 18.3 Å². The third-order valence-corrected chi connectivity index (χ3v) is 10.4. The number of aromatic nitrogens is 1. The number of hydrogen-bond donors (Lipinski definition) is 0. The van der Waals surface area contributed by atoms with Crippen molar-refractivity contribution in [1.82, 2.24) is 4.57 Å². The van der Waals surface area contributed by atoms with Gasteiger partial charge < -0.3 is 14.1 Å². The van der Waals surface area contributed by atoms with E-state index in [4.69, 9.17) is 9.57 Å².